The average molecular weight is 384 g/mol. The summed E-state index contributed by atoms with van der Waals surface area (Å²) in [5.74, 6) is -0.0179. The number of rotatable bonds is 2. The molecule has 0 saturated carbocycles. The Morgan fingerprint density at radius 2 is 2.00 bits per heavy atom. The minimum Gasteiger partial charge on any atom is -0.444 e. The van der Waals surface area contributed by atoms with Gasteiger partial charge in [-0.15, -0.1) is 0 Å². The Bertz CT molecular complexity index is 897. The molecule has 2 atom stereocenters. The van der Waals surface area contributed by atoms with Crippen molar-refractivity contribution in [2.24, 2.45) is 0 Å². The summed E-state index contributed by atoms with van der Waals surface area (Å²) in [6.07, 6.45) is 3.84. The number of hydrogen-bond donors (Lipinski definition) is 1. The van der Waals surface area contributed by atoms with Gasteiger partial charge in [-0.25, -0.2) is 9.78 Å². The van der Waals surface area contributed by atoms with Crippen LogP contribution in [0.2, 0.25) is 0 Å². The largest absolute Gasteiger partial charge is 0.444 e. The van der Waals surface area contributed by atoms with E-state index < -0.39 is 11.7 Å². The number of amides is 2. The first-order valence-electron chi connectivity index (χ1n) is 9.49. The lowest BCUT2D eigenvalue weighted by molar-refractivity contribution is -0.117. The van der Waals surface area contributed by atoms with E-state index in [4.69, 9.17) is 4.74 Å². The first-order chi connectivity index (χ1) is 13.0. The molecule has 2 amide bonds. The van der Waals surface area contributed by atoms with Crippen LogP contribution in [-0.2, 0) is 9.53 Å². The Morgan fingerprint density at radius 3 is 2.57 bits per heavy atom. The number of imidazole rings is 1. The van der Waals surface area contributed by atoms with Crippen LogP contribution < -0.4 is 10.2 Å². The van der Waals surface area contributed by atoms with Gasteiger partial charge < -0.3 is 19.5 Å². The van der Waals surface area contributed by atoms with Crippen LogP contribution >= 0.6 is 0 Å². The van der Waals surface area contributed by atoms with Gasteiger partial charge in [-0.3, -0.25) is 4.79 Å². The number of alkyl carbamates (subject to hydrolysis) is 1. The first kappa shape index (κ1) is 19.9. The lowest BCUT2D eigenvalue weighted by atomic mass is 9.91. The van der Waals surface area contributed by atoms with Crippen molar-refractivity contribution in [3.8, 4) is 5.69 Å². The van der Waals surface area contributed by atoms with E-state index in [-0.39, 0.29) is 18.0 Å². The topological polar surface area (TPSA) is 76.5 Å². The number of anilines is 1. The molecule has 1 aromatic carbocycles. The molecule has 0 radical (unpaired) electrons. The molecule has 1 N–H and O–H groups in total. The number of hydrogen-bond acceptors (Lipinski definition) is 4. The number of aryl methyl sites for hydroxylation is 1. The lowest BCUT2D eigenvalue weighted by Gasteiger charge is -2.39. The maximum atomic E-state index is 12.4. The fraction of sp³-hybridized carbons (Fsp3) is 0.476. The molecule has 3 rings (SSSR count). The predicted molar refractivity (Wildman–Crippen MR) is 108 cm³/mol. The van der Waals surface area contributed by atoms with E-state index in [0.717, 1.165) is 22.6 Å². The monoisotopic (exact) mass is 384 g/mol. The van der Waals surface area contributed by atoms with Gasteiger partial charge in [0.05, 0.1) is 18.1 Å². The second-order valence-electron chi connectivity index (χ2n) is 8.34. The molecule has 1 aliphatic rings. The summed E-state index contributed by atoms with van der Waals surface area (Å²) in [5.41, 5.74) is 2.97. The second-order valence-corrected chi connectivity index (χ2v) is 8.34. The molecule has 28 heavy (non-hydrogen) atoms. The third kappa shape index (κ3) is 4.18. The fourth-order valence-corrected chi connectivity index (χ4v) is 3.64. The molecule has 0 aliphatic carbocycles. The summed E-state index contributed by atoms with van der Waals surface area (Å²) in [6, 6.07) is 5.60. The average Bonchev–Trinajstić information content (AvgIpc) is 2.98. The van der Waals surface area contributed by atoms with Crippen LogP contribution in [0, 0.1) is 6.92 Å². The summed E-state index contributed by atoms with van der Waals surface area (Å²) in [6.45, 7) is 11.0. The van der Waals surface area contributed by atoms with Gasteiger partial charge in [0.15, 0.2) is 0 Å². The highest BCUT2D eigenvalue weighted by molar-refractivity contribution is 5.94. The highest BCUT2D eigenvalue weighted by atomic mass is 16.6. The van der Waals surface area contributed by atoms with Gasteiger partial charge in [0.2, 0.25) is 5.91 Å². The first-order valence-corrected chi connectivity index (χ1v) is 9.49. The summed E-state index contributed by atoms with van der Waals surface area (Å²) >= 11 is 0. The van der Waals surface area contributed by atoms with Gasteiger partial charge in [0.25, 0.3) is 0 Å². The summed E-state index contributed by atoms with van der Waals surface area (Å²) in [7, 11) is 0. The molecule has 0 fully saturated rings. The number of fused-ring (bicyclic) bond motifs is 1. The normalized spacial score (nSPS) is 19.1. The van der Waals surface area contributed by atoms with Crippen molar-refractivity contribution < 1.29 is 14.3 Å². The lowest BCUT2D eigenvalue weighted by Crippen LogP contribution is -2.46. The molecule has 0 bridgehead atoms. The number of ether oxygens (including phenoxy) is 1. The van der Waals surface area contributed by atoms with E-state index >= 15 is 0 Å². The Kier molecular flexibility index (Phi) is 5.19. The van der Waals surface area contributed by atoms with Crippen molar-refractivity contribution in [3.05, 3.63) is 42.0 Å². The molecule has 150 valence electrons. The van der Waals surface area contributed by atoms with Gasteiger partial charge in [-0.05, 0) is 59.2 Å². The summed E-state index contributed by atoms with van der Waals surface area (Å²) < 4.78 is 7.36. The smallest absolute Gasteiger partial charge is 0.408 e. The number of aromatic nitrogens is 2. The fourth-order valence-electron chi connectivity index (χ4n) is 3.64. The zero-order valence-corrected chi connectivity index (χ0v) is 17.3. The van der Waals surface area contributed by atoms with E-state index in [1.54, 1.807) is 18.2 Å². The van der Waals surface area contributed by atoms with Crippen molar-refractivity contribution >= 4 is 17.7 Å². The number of carbonyl (C=O) groups is 2. The number of nitrogens with zero attached hydrogens (tertiary/aromatic N) is 3. The maximum Gasteiger partial charge on any atom is 0.408 e. The van der Waals surface area contributed by atoms with Gasteiger partial charge in [0, 0.05) is 36.1 Å². The Labute approximate surface area is 165 Å². The Morgan fingerprint density at radius 1 is 1.29 bits per heavy atom. The van der Waals surface area contributed by atoms with Crippen molar-refractivity contribution in [2.75, 3.05) is 4.90 Å². The summed E-state index contributed by atoms with van der Waals surface area (Å²) in [4.78, 5) is 30.7. The zero-order chi connectivity index (χ0) is 20.6. The molecule has 7 heteroatoms. The molecule has 1 aromatic heterocycles. The molecule has 7 nitrogen and oxygen atoms in total. The van der Waals surface area contributed by atoms with Gasteiger partial charge in [0.1, 0.15) is 5.60 Å². The molecular weight excluding hydrogens is 356 g/mol. The molecule has 0 saturated heterocycles. The molecule has 1 aliphatic heterocycles. The van der Waals surface area contributed by atoms with Crippen LogP contribution in [-0.4, -0.2) is 33.2 Å². The molecular formula is C21H28N4O3. The predicted octanol–water partition coefficient (Wildman–Crippen LogP) is 3.89. The van der Waals surface area contributed by atoms with Crippen LogP contribution in [0.25, 0.3) is 5.69 Å². The van der Waals surface area contributed by atoms with Crippen LogP contribution in [0.15, 0.2) is 30.7 Å². The highest BCUT2D eigenvalue weighted by Crippen LogP contribution is 2.38. The summed E-state index contributed by atoms with van der Waals surface area (Å²) in [5, 5.41) is 2.98. The Balaban J connectivity index is 2.00. The van der Waals surface area contributed by atoms with Crippen molar-refractivity contribution in [2.45, 2.75) is 65.6 Å². The number of carbonyl (C=O) groups excluding carboxylic acids is 2. The minimum atomic E-state index is -0.575. The van der Waals surface area contributed by atoms with Crippen molar-refractivity contribution in [1.29, 1.82) is 0 Å². The minimum absolute atomic E-state index is 0.0179. The maximum absolute atomic E-state index is 12.4. The van der Waals surface area contributed by atoms with Gasteiger partial charge in [-0.2, -0.15) is 0 Å². The Hall–Kier alpha value is -2.83. The number of nitrogens with one attached hydrogen (secondary N) is 1. The van der Waals surface area contributed by atoms with Gasteiger partial charge >= 0.3 is 6.09 Å². The third-order valence-corrected chi connectivity index (χ3v) is 4.70. The van der Waals surface area contributed by atoms with E-state index in [1.165, 1.54) is 0 Å². The quantitative estimate of drug-likeness (QED) is 0.852. The van der Waals surface area contributed by atoms with Crippen LogP contribution in [0.3, 0.4) is 0 Å². The van der Waals surface area contributed by atoms with Gasteiger partial charge in [-0.1, -0.05) is 0 Å². The van der Waals surface area contributed by atoms with Crippen molar-refractivity contribution in [3.63, 3.8) is 0 Å². The highest BCUT2D eigenvalue weighted by Gasteiger charge is 2.34. The standard InChI is InChI=1S/C21H28N4O3/c1-13-11-24(12-22-13)16-7-8-19-17(10-16)18(9-14(2)25(19)15(3)26)23-20(27)28-21(4,5)6/h7-8,10-12,14,18H,9H2,1-6H3,(H,23,27)/t14-,18?/m1/s1. The van der Waals surface area contributed by atoms with E-state index in [0.29, 0.717) is 6.42 Å². The SMILES string of the molecule is CC(=O)N1c2ccc(-n3cnc(C)c3)cc2C(NC(=O)OC(C)(C)C)C[C@H]1C. The molecule has 0 spiro atoms. The molecule has 2 heterocycles. The molecule has 1 unspecified atom stereocenters. The van der Waals surface area contributed by atoms with Crippen LogP contribution in [0.5, 0.6) is 0 Å². The van der Waals surface area contributed by atoms with Crippen molar-refractivity contribution in [1.82, 2.24) is 14.9 Å². The van der Waals surface area contributed by atoms with E-state index in [2.05, 4.69) is 10.3 Å². The number of benzene rings is 1. The van der Waals surface area contributed by atoms with Crippen LogP contribution in [0.4, 0.5) is 10.5 Å². The second kappa shape index (κ2) is 7.30. The molecule has 2 aromatic rings. The van der Waals surface area contributed by atoms with Crippen LogP contribution in [0.1, 0.15) is 58.3 Å². The third-order valence-electron chi connectivity index (χ3n) is 4.70. The van der Waals surface area contributed by atoms with E-state index in [9.17, 15) is 9.59 Å². The zero-order valence-electron chi connectivity index (χ0n) is 17.3. The van der Waals surface area contributed by atoms with E-state index in [1.807, 2.05) is 63.6 Å².